The van der Waals surface area contributed by atoms with E-state index in [4.69, 9.17) is 4.52 Å². The van der Waals surface area contributed by atoms with E-state index in [0.717, 1.165) is 37.4 Å². The molecule has 0 spiro atoms. The average Bonchev–Trinajstić information content (AvgIpc) is 2.70. The molecule has 0 bridgehead atoms. The topological polar surface area (TPSA) is 51.0 Å². The van der Waals surface area contributed by atoms with Crippen LogP contribution in [0.15, 0.2) is 4.52 Å². The van der Waals surface area contributed by atoms with Crippen LogP contribution in [0.4, 0.5) is 0 Å². The van der Waals surface area contributed by atoms with Crippen LogP contribution in [0, 0.1) is 5.92 Å². The number of nitrogens with zero attached hydrogens (tertiary/aromatic N) is 2. The van der Waals surface area contributed by atoms with Gasteiger partial charge in [-0.25, -0.2) is 0 Å². The van der Waals surface area contributed by atoms with Crippen molar-refractivity contribution in [2.24, 2.45) is 5.92 Å². The van der Waals surface area contributed by atoms with Crippen molar-refractivity contribution in [3.05, 3.63) is 11.7 Å². The van der Waals surface area contributed by atoms with Crippen molar-refractivity contribution in [2.75, 3.05) is 7.05 Å². The highest BCUT2D eigenvalue weighted by atomic mass is 16.5. The second-order valence-electron chi connectivity index (χ2n) is 4.55. The molecule has 0 aliphatic heterocycles. The molecule has 0 amide bonds. The molecule has 1 unspecified atom stereocenters. The smallest absolute Gasteiger partial charge is 0.228 e. The van der Waals surface area contributed by atoms with E-state index in [2.05, 4.69) is 36.2 Å². The predicted octanol–water partition coefficient (Wildman–Crippen LogP) is 2.20. The van der Waals surface area contributed by atoms with Gasteiger partial charge in [0.15, 0.2) is 5.82 Å². The summed E-state index contributed by atoms with van der Waals surface area (Å²) in [5, 5.41) is 7.26. The molecule has 0 aromatic carbocycles. The summed E-state index contributed by atoms with van der Waals surface area (Å²) >= 11 is 0. The Hall–Kier alpha value is -0.900. The molecule has 1 atom stereocenters. The predicted molar refractivity (Wildman–Crippen MR) is 64.3 cm³/mol. The normalized spacial score (nSPS) is 13.3. The number of rotatable bonds is 7. The Balaban J connectivity index is 2.50. The lowest BCUT2D eigenvalue weighted by Crippen LogP contribution is -2.32. The highest BCUT2D eigenvalue weighted by molar-refractivity contribution is 4.90. The lowest BCUT2D eigenvalue weighted by Gasteiger charge is -2.17. The first-order valence-corrected chi connectivity index (χ1v) is 6.16. The van der Waals surface area contributed by atoms with E-state index in [-0.39, 0.29) is 0 Å². The first-order chi connectivity index (χ1) is 7.67. The summed E-state index contributed by atoms with van der Waals surface area (Å²) in [6.07, 6.45) is 4.02. The van der Waals surface area contributed by atoms with Gasteiger partial charge in [-0.2, -0.15) is 4.98 Å². The van der Waals surface area contributed by atoms with E-state index in [9.17, 15) is 0 Å². The Morgan fingerprint density at radius 1 is 1.38 bits per heavy atom. The van der Waals surface area contributed by atoms with Crippen LogP contribution < -0.4 is 5.32 Å². The maximum atomic E-state index is 5.24. The van der Waals surface area contributed by atoms with Gasteiger partial charge >= 0.3 is 0 Å². The van der Waals surface area contributed by atoms with Gasteiger partial charge in [0.1, 0.15) is 0 Å². The molecule has 4 nitrogen and oxygen atoms in total. The van der Waals surface area contributed by atoms with Gasteiger partial charge in [-0.05, 0) is 19.4 Å². The van der Waals surface area contributed by atoms with Gasteiger partial charge < -0.3 is 9.84 Å². The van der Waals surface area contributed by atoms with Gasteiger partial charge in [-0.3, -0.25) is 0 Å². The summed E-state index contributed by atoms with van der Waals surface area (Å²) in [5.41, 5.74) is 0. The monoisotopic (exact) mass is 225 g/mol. The fourth-order valence-corrected chi connectivity index (χ4v) is 1.67. The van der Waals surface area contributed by atoms with Crippen LogP contribution >= 0.6 is 0 Å². The molecule has 1 rings (SSSR count). The van der Waals surface area contributed by atoms with Crippen molar-refractivity contribution in [3.8, 4) is 0 Å². The van der Waals surface area contributed by atoms with E-state index in [1.54, 1.807) is 0 Å². The molecule has 92 valence electrons. The quantitative estimate of drug-likeness (QED) is 0.773. The molecule has 1 N–H and O–H groups in total. The summed E-state index contributed by atoms with van der Waals surface area (Å²) < 4.78 is 5.24. The second kappa shape index (κ2) is 6.63. The molecule has 0 aliphatic carbocycles. The summed E-state index contributed by atoms with van der Waals surface area (Å²) in [4.78, 5) is 4.40. The van der Waals surface area contributed by atoms with Gasteiger partial charge in [0.2, 0.25) is 5.89 Å². The average molecular weight is 225 g/mol. The largest absolute Gasteiger partial charge is 0.339 e. The summed E-state index contributed by atoms with van der Waals surface area (Å²) in [6.45, 7) is 6.54. The minimum atomic E-state index is 0.402. The molecule has 16 heavy (non-hydrogen) atoms. The van der Waals surface area contributed by atoms with E-state index in [0.29, 0.717) is 12.0 Å². The number of unbranched alkanes of at least 4 members (excludes halogenated alkanes) is 1. The third-order valence-electron chi connectivity index (χ3n) is 2.83. The molecule has 0 saturated heterocycles. The van der Waals surface area contributed by atoms with E-state index in [1.165, 1.54) is 0 Å². The van der Waals surface area contributed by atoms with Crippen LogP contribution in [0.3, 0.4) is 0 Å². The number of aromatic nitrogens is 2. The zero-order valence-electron chi connectivity index (χ0n) is 10.8. The van der Waals surface area contributed by atoms with Crippen molar-refractivity contribution < 1.29 is 4.52 Å². The third kappa shape index (κ3) is 3.93. The fraction of sp³-hybridized carbons (Fsp3) is 0.833. The Morgan fingerprint density at radius 2 is 2.12 bits per heavy atom. The fourth-order valence-electron chi connectivity index (χ4n) is 1.67. The minimum absolute atomic E-state index is 0.402. The molecule has 0 fully saturated rings. The van der Waals surface area contributed by atoms with Crippen molar-refractivity contribution >= 4 is 0 Å². The van der Waals surface area contributed by atoms with Gasteiger partial charge in [0, 0.05) is 18.9 Å². The summed E-state index contributed by atoms with van der Waals surface area (Å²) in [5.74, 6) is 2.16. The lowest BCUT2D eigenvalue weighted by atomic mass is 10.0. The summed E-state index contributed by atoms with van der Waals surface area (Å²) in [6, 6.07) is 0.402. The van der Waals surface area contributed by atoms with Crippen LogP contribution in [0.25, 0.3) is 0 Å². The number of aryl methyl sites for hydroxylation is 1. The first-order valence-electron chi connectivity index (χ1n) is 6.16. The number of likely N-dealkylation sites (N-methyl/N-ethyl adjacent to an activating group) is 1. The highest BCUT2D eigenvalue weighted by Gasteiger charge is 2.15. The molecule has 0 radical (unpaired) electrons. The van der Waals surface area contributed by atoms with Crippen LogP contribution in [-0.2, 0) is 12.8 Å². The van der Waals surface area contributed by atoms with Gasteiger partial charge in [0.25, 0.3) is 0 Å². The zero-order chi connectivity index (χ0) is 12.0. The van der Waals surface area contributed by atoms with E-state index in [1.807, 2.05) is 7.05 Å². The number of hydrogen-bond donors (Lipinski definition) is 1. The Bertz CT molecular complexity index is 296. The Morgan fingerprint density at radius 3 is 2.69 bits per heavy atom. The Labute approximate surface area is 97.8 Å². The van der Waals surface area contributed by atoms with Crippen molar-refractivity contribution in [1.29, 1.82) is 0 Å². The van der Waals surface area contributed by atoms with Crippen LogP contribution in [0.5, 0.6) is 0 Å². The van der Waals surface area contributed by atoms with Gasteiger partial charge in [-0.15, -0.1) is 0 Å². The van der Waals surface area contributed by atoms with Gasteiger partial charge in [-0.1, -0.05) is 32.3 Å². The number of hydrogen-bond acceptors (Lipinski definition) is 4. The highest BCUT2D eigenvalue weighted by Crippen LogP contribution is 2.09. The molecule has 1 aromatic heterocycles. The molecular formula is C12H23N3O. The third-order valence-corrected chi connectivity index (χ3v) is 2.83. The minimum Gasteiger partial charge on any atom is -0.339 e. The van der Waals surface area contributed by atoms with Gasteiger partial charge in [0.05, 0.1) is 0 Å². The van der Waals surface area contributed by atoms with E-state index >= 15 is 0 Å². The van der Waals surface area contributed by atoms with Crippen LogP contribution in [0.2, 0.25) is 0 Å². The second-order valence-corrected chi connectivity index (χ2v) is 4.55. The molecule has 1 heterocycles. The standard InChI is InChI=1S/C12H23N3O/c1-5-6-7-11-14-12(16-15-11)8-10(13-4)9(2)3/h9-10,13H,5-8H2,1-4H3. The van der Waals surface area contributed by atoms with Crippen molar-refractivity contribution in [1.82, 2.24) is 15.5 Å². The number of nitrogens with one attached hydrogen (secondary N) is 1. The van der Waals surface area contributed by atoms with Crippen LogP contribution in [0.1, 0.15) is 45.3 Å². The lowest BCUT2D eigenvalue weighted by molar-refractivity contribution is 0.333. The molecule has 0 saturated carbocycles. The zero-order valence-corrected chi connectivity index (χ0v) is 10.8. The molecule has 4 heteroatoms. The molecule has 1 aromatic rings. The molecule has 0 aliphatic rings. The van der Waals surface area contributed by atoms with Crippen LogP contribution in [-0.4, -0.2) is 23.2 Å². The SMILES string of the molecule is CCCCc1noc(CC(NC)C(C)C)n1. The maximum absolute atomic E-state index is 5.24. The Kier molecular flexibility index (Phi) is 5.46. The van der Waals surface area contributed by atoms with Crippen molar-refractivity contribution in [2.45, 2.75) is 52.5 Å². The maximum Gasteiger partial charge on any atom is 0.228 e. The molecular weight excluding hydrogens is 202 g/mol. The summed E-state index contributed by atoms with van der Waals surface area (Å²) in [7, 11) is 1.97. The van der Waals surface area contributed by atoms with E-state index < -0.39 is 0 Å². The van der Waals surface area contributed by atoms with Crippen molar-refractivity contribution in [3.63, 3.8) is 0 Å². The first kappa shape index (κ1) is 13.2.